The molecule has 1 N–H and O–H groups in total. The summed E-state index contributed by atoms with van der Waals surface area (Å²) in [4.78, 5) is 13.3. The van der Waals surface area contributed by atoms with Crippen LogP contribution in [0.25, 0.3) is 11.3 Å². The van der Waals surface area contributed by atoms with Crippen LogP contribution in [0.1, 0.15) is 11.3 Å². The van der Waals surface area contributed by atoms with Crippen molar-refractivity contribution in [3.05, 3.63) is 46.1 Å². The van der Waals surface area contributed by atoms with Crippen LogP contribution in [0.3, 0.4) is 0 Å². The third-order valence-electron chi connectivity index (χ3n) is 2.30. The minimum atomic E-state index is -4.37. The molecule has 17 heavy (non-hydrogen) atoms. The zero-order chi connectivity index (χ0) is 12.6. The highest BCUT2D eigenvalue weighted by Crippen LogP contribution is 2.31. The summed E-state index contributed by atoms with van der Waals surface area (Å²) < 4.78 is 41.8. The van der Waals surface area contributed by atoms with Gasteiger partial charge in [-0.2, -0.15) is 13.2 Å². The van der Waals surface area contributed by atoms with Gasteiger partial charge in [-0.05, 0) is 19.1 Å². The van der Waals surface area contributed by atoms with Crippen LogP contribution in [0.4, 0.5) is 13.2 Å². The number of hydrogen-bond acceptors (Lipinski definition) is 2. The van der Waals surface area contributed by atoms with Gasteiger partial charge in [-0.25, -0.2) is 4.79 Å². The van der Waals surface area contributed by atoms with Crippen LogP contribution in [0, 0.1) is 6.92 Å². The molecule has 0 radical (unpaired) electrons. The van der Waals surface area contributed by atoms with Crippen LogP contribution in [0.15, 0.2) is 33.5 Å². The lowest BCUT2D eigenvalue weighted by atomic mass is 10.1. The second-order valence-electron chi connectivity index (χ2n) is 3.54. The van der Waals surface area contributed by atoms with Crippen LogP contribution >= 0.6 is 0 Å². The second-order valence-corrected chi connectivity index (χ2v) is 3.54. The molecular weight excluding hydrogens is 235 g/mol. The Labute approximate surface area is 93.9 Å². The summed E-state index contributed by atoms with van der Waals surface area (Å²) in [6.45, 7) is 1.61. The van der Waals surface area contributed by atoms with Crippen LogP contribution < -0.4 is 5.76 Å². The van der Waals surface area contributed by atoms with Gasteiger partial charge in [-0.15, -0.1) is 0 Å². The summed E-state index contributed by atoms with van der Waals surface area (Å²) in [6.07, 6.45) is -4.37. The number of halogens is 3. The van der Waals surface area contributed by atoms with E-state index in [1.165, 1.54) is 12.1 Å². The van der Waals surface area contributed by atoms with E-state index in [9.17, 15) is 18.0 Å². The molecule has 0 aliphatic carbocycles. The van der Waals surface area contributed by atoms with Gasteiger partial charge < -0.3 is 4.42 Å². The number of H-pyrrole nitrogens is 1. The molecular formula is C11H8F3NO2. The lowest BCUT2D eigenvalue weighted by molar-refractivity contribution is -0.137. The number of aromatic amines is 1. The average Bonchev–Trinajstić information content (AvgIpc) is 2.57. The molecule has 6 heteroatoms. The van der Waals surface area contributed by atoms with E-state index in [2.05, 4.69) is 4.98 Å². The van der Waals surface area contributed by atoms with Gasteiger partial charge in [0.05, 0.1) is 11.3 Å². The number of aromatic nitrogens is 1. The molecule has 0 bridgehead atoms. The Morgan fingerprint density at radius 3 is 2.18 bits per heavy atom. The van der Waals surface area contributed by atoms with Crippen LogP contribution in [0.2, 0.25) is 0 Å². The lowest BCUT2D eigenvalue weighted by Crippen LogP contribution is -2.03. The van der Waals surface area contributed by atoms with E-state index in [0.29, 0.717) is 11.3 Å². The summed E-state index contributed by atoms with van der Waals surface area (Å²) in [5.74, 6) is -0.374. The highest BCUT2D eigenvalue weighted by molar-refractivity contribution is 5.59. The van der Waals surface area contributed by atoms with Crippen molar-refractivity contribution in [1.82, 2.24) is 4.98 Å². The lowest BCUT2D eigenvalue weighted by Gasteiger charge is -2.06. The number of alkyl halides is 3. The highest BCUT2D eigenvalue weighted by atomic mass is 19.4. The Morgan fingerprint density at radius 2 is 1.76 bits per heavy atom. The average molecular weight is 243 g/mol. The Hall–Kier alpha value is -1.98. The molecule has 0 aliphatic rings. The van der Waals surface area contributed by atoms with Crippen molar-refractivity contribution in [2.45, 2.75) is 13.1 Å². The molecule has 0 amide bonds. The third kappa shape index (κ3) is 2.25. The summed E-state index contributed by atoms with van der Waals surface area (Å²) in [6, 6.07) is 4.42. The Bertz CT molecular complexity index is 578. The number of benzene rings is 1. The van der Waals surface area contributed by atoms with Gasteiger partial charge in [0.2, 0.25) is 0 Å². The molecule has 0 atom stereocenters. The molecule has 3 nitrogen and oxygen atoms in total. The first-order chi connectivity index (χ1) is 7.88. The van der Waals surface area contributed by atoms with Crippen molar-refractivity contribution >= 4 is 0 Å². The summed E-state index contributed by atoms with van der Waals surface area (Å²) >= 11 is 0. The number of nitrogens with one attached hydrogen (secondary N) is 1. The summed E-state index contributed by atoms with van der Waals surface area (Å²) in [5.41, 5.74) is 0.167. The molecule has 2 aromatic rings. The summed E-state index contributed by atoms with van der Waals surface area (Å²) in [7, 11) is 0. The maximum Gasteiger partial charge on any atom is 0.417 e. The van der Waals surface area contributed by atoms with E-state index in [4.69, 9.17) is 4.42 Å². The number of hydrogen-bond donors (Lipinski definition) is 1. The number of aryl methyl sites for hydroxylation is 1. The van der Waals surface area contributed by atoms with Crippen molar-refractivity contribution in [3.8, 4) is 11.3 Å². The van der Waals surface area contributed by atoms with E-state index in [0.717, 1.165) is 12.1 Å². The van der Waals surface area contributed by atoms with E-state index in [1.54, 1.807) is 6.92 Å². The highest BCUT2D eigenvalue weighted by Gasteiger charge is 2.30. The molecule has 0 aliphatic heterocycles. The first kappa shape index (κ1) is 11.5. The fourth-order valence-electron chi connectivity index (χ4n) is 1.49. The van der Waals surface area contributed by atoms with Gasteiger partial charge >= 0.3 is 11.9 Å². The van der Waals surface area contributed by atoms with Crippen molar-refractivity contribution in [1.29, 1.82) is 0 Å². The molecule has 90 valence electrons. The van der Waals surface area contributed by atoms with E-state index >= 15 is 0 Å². The smallest absolute Gasteiger partial charge is 0.408 e. The minimum absolute atomic E-state index is 0.253. The zero-order valence-corrected chi connectivity index (χ0v) is 8.76. The number of rotatable bonds is 1. The van der Waals surface area contributed by atoms with Crippen molar-refractivity contribution in [3.63, 3.8) is 0 Å². The van der Waals surface area contributed by atoms with Crippen LogP contribution in [0.5, 0.6) is 0 Å². The minimum Gasteiger partial charge on any atom is -0.408 e. The topological polar surface area (TPSA) is 46.0 Å². The van der Waals surface area contributed by atoms with E-state index in [1.807, 2.05) is 0 Å². The van der Waals surface area contributed by atoms with Gasteiger partial charge in [0.15, 0.2) is 5.76 Å². The van der Waals surface area contributed by atoms with Gasteiger partial charge in [-0.1, -0.05) is 12.1 Å². The van der Waals surface area contributed by atoms with Crippen molar-refractivity contribution in [2.24, 2.45) is 0 Å². The quantitative estimate of drug-likeness (QED) is 0.836. The largest absolute Gasteiger partial charge is 0.417 e. The van der Waals surface area contributed by atoms with Crippen molar-refractivity contribution in [2.75, 3.05) is 0 Å². The van der Waals surface area contributed by atoms with E-state index in [-0.39, 0.29) is 5.76 Å². The fraction of sp³-hybridized carbons (Fsp3) is 0.182. The molecule has 0 spiro atoms. The SMILES string of the molecule is Cc1[nH]c(=O)oc1-c1ccc(C(F)(F)F)cc1. The first-order valence-electron chi connectivity index (χ1n) is 4.75. The van der Waals surface area contributed by atoms with Gasteiger partial charge in [0, 0.05) is 5.56 Å². The molecule has 0 unspecified atom stereocenters. The summed E-state index contributed by atoms with van der Waals surface area (Å²) in [5, 5.41) is 0. The van der Waals surface area contributed by atoms with Crippen LogP contribution in [-0.4, -0.2) is 4.98 Å². The molecule has 2 rings (SSSR count). The predicted octanol–water partition coefficient (Wildman–Crippen LogP) is 2.96. The first-order valence-corrected chi connectivity index (χ1v) is 4.75. The molecule has 1 heterocycles. The number of oxazole rings is 1. The molecule has 0 saturated heterocycles. The molecule has 1 aromatic carbocycles. The molecule has 0 fully saturated rings. The van der Waals surface area contributed by atoms with Gasteiger partial charge in [0.1, 0.15) is 0 Å². The fourth-order valence-corrected chi connectivity index (χ4v) is 1.49. The normalized spacial score (nSPS) is 11.8. The molecule has 1 aromatic heterocycles. The monoisotopic (exact) mass is 243 g/mol. The maximum atomic E-state index is 12.3. The van der Waals surface area contributed by atoms with Crippen LogP contribution in [-0.2, 0) is 6.18 Å². The van der Waals surface area contributed by atoms with Gasteiger partial charge in [-0.3, -0.25) is 4.98 Å². The molecule has 0 saturated carbocycles. The van der Waals surface area contributed by atoms with Crippen molar-refractivity contribution < 1.29 is 17.6 Å². The zero-order valence-electron chi connectivity index (χ0n) is 8.76. The maximum absolute atomic E-state index is 12.3. The second kappa shape index (κ2) is 3.80. The standard InChI is InChI=1S/C11H8F3NO2/c1-6-9(17-10(16)15-6)7-2-4-8(5-3-7)11(12,13)14/h2-5H,1H3,(H,15,16). The Balaban J connectivity index is 2.43. The van der Waals surface area contributed by atoms with Gasteiger partial charge in [0.25, 0.3) is 0 Å². The third-order valence-corrected chi connectivity index (χ3v) is 2.30. The Morgan fingerprint density at radius 1 is 1.18 bits per heavy atom. The predicted molar refractivity (Wildman–Crippen MR) is 54.5 cm³/mol. The van der Waals surface area contributed by atoms with E-state index < -0.39 is 17.5 Å². The Kier molecular flexibility index (Phi) is 2.57.